The predicted molar refractivity (Wildman–Crippen MR) is 51.1 cm³/mol. The van der Waals surface area contributed by atoms with Gasteiger partial charge in [0, 0.05) is 12.8 Å². The zero-order chi connectivity index (χ0) is 11.6. The molecule has 1 aromatic rings. The van der Waals surface area contributed by atoms with E-state index in [1.165, 1.54) is 0 Å². The topological polar surface area (TPSA) is 113 Å². The van der Waals surface area contributed by atoms with Crippen molar-refractivity contribution in [1.29, 1.82) is 0 Å². The highest BCUT2D eigenvalue weighted by Gasteiger charge is 2.62. The maximum atomic E-state index is 12.0. The summed E-state index contributed by atoms with van der Waals surface area (Å²) in [7, 11) is 0. The Kier molecular flexibility index (Phi) is 1.59. The first kappa shape index (κ1) is 9.73. The largest absolute Gasteiger partial charge is 0.619 e. The van der Waals surface area contributed by atoms with Crippen molar-refractivity contribution in [2.45, 2.75) is 37.5 Å². The van der Waals surface area contributed by atoms with E-state index in [1.807, 2.05) is 0 Å². The molecule has 7 heteroatoms. The van der Waals surface area contributed by atoms with E-state index >= 15 is 0 Å². The van der Waals surface area contributed by atoms with Gasteiger partial charge in [0.1, 0.15) is 12.1 Å². The van der Waals surface area contributed by atoms with E-state index in [9.17, 15) is 10.3 Å². The molecule has 86 valence electrons. The molecule has 4 N–H and O–H groups in total. The molecular weight excluding hydrogens is 212 g/mol. The molecule has 0 unspecified atom stereocenters. The monoisotopic (exact) mass is 225 g/mol. The molecule has 2 aliphatic rings. The number of aryl methyl sites for hydroxylation is 1. The van der Waals surface area contributed by atoms with Gasteiger partial charge in [-0.25, -0.2) is 4.63 Å². The van der Waals surface area contributed by atoms with E-state index in [2.05, 4.69) is 20.7 Å². The lowest BCUT2D eigenvalue weighted by Crippen LogP contribution is -2.74. The number of hydrogen-bond acceptors (Lipinski definition) is 5. The van der Waals surface area contributed by atoms with Gasteiger partial charge in [-0.05, 0) is 0 Å². The van der Waals surface area contributed by atoms with Crippen LogP contribution in [-0.4, -0.2) is 31.5 Å². The molecule has 16 heavy (non-hydrogen) atoms. The number of rotatable bonds is 0. The molecule has 0 saturated heterocycles. The maximum Gasteiger partial charge on any atom is 0.294 e. The van der Waals surface area contributed by atoms with Crippen molar-refractivity contribution in [3.05, 3.63) is 16.6 Å². The van der Waals surface area contributed by atoms with Crippen molar-refractivity contribution in [2.24, 2.45) is 0 Å². The first-order valence-electron chi connectivity index (χ1n) is 5.18. The van der Waals surface area contributed by atoms with Crippen LogP contribution in [0.25, 0.3) is 0 Å². The normalized spacial score (nSPS) is 37.4. The van der Waals surface area contributed by atoms with E-state index in [4.69, 9.17) is 0 Å². The number of aromatic nitrogens is 2. The number of nitrogens with zero attached hydrogens (tertiary/aromatic N) is 3. The summed E-state index contributed by atoms with van der Waals surface area (Å²) < 4.78 is 5.44. The fourth-order valence-electron chi connectivity index (χ4n) is 2.67. The van der Waals surface area contributed by atoms with Crippen molar-refractivity contribution >= 4 is 5.71 Å². The number of hydrogen-bond donors (Lipinski definition) is 2. The fraction of sp³-hybridized carbons (Fsp3) is 0.667. The summed E-state index contributed by atoms with van der Waals surface area (Å²) in [6.45, 7) is 1.70. The molecule has 0 fully saturated rings. The number of fused-ring (bicyclic) bond motifs is 3. The Morgan fingerprint density at radius 3 is 3.00 bits per heavy atom. The van der Waals surface area contributed by atoms with Crippen LogP contribution in [0.1, 0.15) is 31.2 Å². The SMILES string of the molecule is C[C@]1([NH3+])C[C@@]2(O)C(=[N+]1[O-])CCc1nonc12. The molecular formula is C9H13N4O3+. The van der Waals surface area contributed by atoms with Crippen LogP contribution in [-0.2, 0) is 12.0 Å². The third kappa shape index (κ3) is 0.966. The zero-order valence-electron chi connectivity index (χ0n) is 8.93. The average molecular weight is 225 g/mol. The standard InChI is InChI=1S/C9H12N4O3/c1-8(10)4-9(14)6(13(8)15)3-2-5-7(9)12-16-11-5/h14H,2-4,10H2,1H3/p+1/t8-,9-/m1/s1. The summed E-state index contributed by atoms with van der Waals surface area (Å²) >= 11 is 0. The van der Waals surface area contributed by atoms with Gasteiger partial charge in [0.2, 0.25) is 11.3 Å². The molecule has 7 nitrogen and oxygen atoms in total. The Morgan fingerprint density at radius 2 is 2.25 bits per heavy atom. The Labute approximate surface area is 91.1 Å². The van der Waals surface area contributed by atoms with Gasteiger partial charge in [-0.1, -0.05) is 10.3 Å². The van der Waals surface area contributed by atoms with E-state index in [0.717, 1.165) is 4.74 Å². The molecule has 0 spiro atoms. The van der Waals surface area contributed by atoms with E-state index < -0.39 is 11.3 Å². The Hall–Kier alpha value is -1.47. The molecule has 1 aliphatic heterocycles. The number of quaternary nitrogens is 1. The van der Waals surface area contributed by atoms with E-state index in [-0.39, 0.29) is 6.42 Å². The van der Waals surface area contributed by atoms with Gasteiger partial charge in [-0.15, -0.1) is 0 Å². The first-order valence-corrected chi connectivity index (χ1v) is 5.18. The fourth-order valence-corrected chi connectivity index (χ4v) is 2.67. The second-order valence-corrected chi connectivity index (χ2v) is 4.83. The van der Waals surface area contributed by atoms with Gasteiger partial charge < -0.3 is 10.3 Å². The summed E-state index contributed by atoms with van der Waals surface area (Å²) in [6, 6.07) is 0. The lowest BCUT2D eigenvalue weighted by Gasteiger charge is -2.21. The zero-order valence-corrected chi connectivity index (χ0v) is 8.93. The summed E-state index contributed by atoms with van der Waals surface area (Å²) in [5.74, 6) is 0. The number of hydroxylamine groups is 1. The molecule has 3 rings (SSSR count). The molecule has 2 heterocycles. The quantitative estimate of drug-likeness (QED) is 0.413. The van der Waals surface area contributed by atoms with Crippen molar-refractivity contribution in [2.75, 3.05) is 0 Å². The average Bonchev–Trinajstić information content (AvgIpc) is 2.70. The van der Waals surface area contributed by atoms with Gasteiger partial charge in [-0.2, -0.15) is 4.74 Å². The van der Waals surface area contributed by atoms with Crippen LogP contribution in [0.5, 0.6) is 0 Å². The lowest BCUT2D eigenvalue weighted by molar-refractivity contribution is -0.740. The van der Waals surface area contributed by atoms with Crippen LogP contribution in [0.4, 0.5) is 0 Å². The van der Waals surface area contributed by atoms with E-state index in [1.54, 1.807) is 6.92 Å². The molecule has 0 amide bonds. The molecule has 0 aromatic carbocycles. The maximum absolute atomic E-state index is 12.0. The van der Waals surface area contributed by atoms with Crippen molar-refractivity contribution < 1.29 is 20.2 Å². The highest BCUT2D eigenvalue weighted by atomic mass is 16.6. The van der Waals surface area contributed by atoms with Crippen LogP contribution in [0.3, 0.4) is 0 Å². The minimum atomic E-state index is -1.34. The summed E-state index contributed by atoms with van der Waals surface area (Å²) in [5, 5.41) is 30.0. The highest BCUT2D eigenvalue weighted by Crippen LogP contribution is 2.41. The van der Waals surface area contributed by atoms with Gasteiger partial charge in [0.15, 0.2) is 5.69 Å². The Balaban J connectivity index is 2.22. The second-order valence-electron chi connectivity index (χ2n) is 4.83. The summed E-state index contributed by atoms with van der Waals surface area (Å²) in [5.41, 5.74) is 3.07. The van der Waals surface area contributed by atoms with Crippen LogP contribution in [0.2, 0.25) is 0 Å². The van der Waals surface area contributed by atoms with Crippen LogP contribution in [0.15, 0.2) is 4.63 Å². The van der Waals surface area contributed by atoms with Crippen LogP contribution >= 0.6 is 0 Å². The first-order chi connectivity index (χ1) is 7.45. The molecule has 2 atom stereocenters. The van der Waals surface area contributed by atoms with Crippen molar-refractivity contribution in [3.63, 3.8) is 0 Å². The summed E-state index contributed by atoms with van der Waals surface area (Å²) in [6.07, 6.45) is 1.28. The second kappa shape index (κ2) is 2.61. The molecule has 0 saturated carbocycles. The molecule has 1 aliphatic carbocycles. The van der Waals surface area contributed by atoms with Gasteiger partial charge >= 0.3 is 0 Å². The Morgan fingerprint density at radius 1 is 1.50 bits per heavy atom. The van der Waals surface area contributed by atoms with Gasteiger partial charge in [0.05, 0.1) is 6.92 Å². The van der Waals surface area contributed by atoms with Crippen LogP contribution < -0.4 is 5.73 Å². The third-order valence-electron chi connectivity index (χ3n) is 3.40. The molecule has 0 bridgehead atoms. The van der Waals surface area contributed by atoms with Gasteiger partial charge in [0.25, 0.3) is 5.66 Å². The molecule has 1 aromatic heterocycles. The minimum absolute atomic E-state index is 0.222. The summed E-state index contributed by atoms with van der Waals surface area (Å²) in [4.78, 5) is 0. The van der Waals surface area contributed by atoms with Crippen LogP contribution in [0, 0.1) is 5.21 Å². The third-order valence-corrected chi connectivity index (χ3v) is 3.40. The minimum Gasteiger partial charge on any atom is -0.619 e. The molecule has 0 radical (unpaired) electrons. The highest BCUT2D eigenvalue weighted by molar-refractivity contribution is 5.92. The van der Waals surface area contributed by atoms with Crippen molar-refractivity contribution in [3.8, 4) is 0 Å². The Bertz CT molecular complexity index is 493. The number of aliphatic hydroxyl groups is 1. The smallest absolute Gasteiger partial charge is 0.294 e. The van der Waals surface area contributed by atoms with E-state index in [0.29, 0.717) is 29.9 Å². The lowest BCUT2D eigenvalue weighted by atomic mass is 9.81. The predicted octanol–water partition coefficient (Wildman–Crippen LogP) is -1.48. The van der Waals surface area contributed by atoms with Gasteiger partial charge in [-0.3, -0.25) is 5.73 Å². The van der Waals surface area contributed by atoms with Crippen molar-refractivity contribution in [1.82, 2.24) is 10.3 Å².